The average Bonchev–Trinajstić information content (AvgIpc) is 2.46. The molecule has 1 aliphatic rings. The molecule has 1 atom stereocenters. The third-order valence-electron chi connectivity index (χ3n) is 2.98. The Bertz CT molecular complexity index is 573. The maximum Gasteiger partial charge on any atom is 0.339 e. The van der Waals surface area contributed by atoms with Gasteiger partial charge in [0.15, 0.2) is 0 Å². The Morgan fingerprint density at radius 3 is 2.71 bits per heavy atom. The molecule has 2 rings (SSSR count). The van der Waals surface area contributed by atoms with Crippen molar-refractivity contribution in [2.45, 2.75) is 19.9 Å². The normalized spacial score (nSPS) is 16.8. The molecule has 0 bridgehead atoms. The number of rotatable bonds is 3. The predicted molar refractivity (Wildman–Crippen MR) is 77.0 cm³/mol. The van der Waals surface area contributed by atoms with E-state index in [9.17, 15) is 14.4 Å². The first kappa shape index (κ1) is 14.8. The van der Waals surface area contributed by atoms with Crippen LogP contribution in [0.15, 0.2) is 24.3 Å². The molecule has 112 valence electrons. The number of hydrogen-bond acceptors (Lipinski definition) is 4. The van der Waals surface area contributed by atoms with Gasteiger partial charge in [-0.2, -0.15) is 0 Å². The second kappa shape index (κ2) is 6.25. The Hall–Kier alpha value is -2.57. The molecule has 1 aromatic carbocycles. The maximum atomic E-state index is 12.3. The fourth-order valence-corrected chi connectivity index (χ4v) is 2.14. The van der Waals surface area contributed by atoms with Gasteiger partial charge in [-0.25, -0.2) is 9.59 Å². The highest BCUT2D eigenvalue weighted by Crippen LogP contribution is 2.32. The monoisotopic (exact) mass is 291 g/mol. The number of urea groups is 1. The lowest BCUT2D eigenvalue weighted by Gasteiger charge is -2.34. The predicted octanol–water partition coefficient (Wildman–Crippen LogP) is 1.11. The van der Waals surface area contributed by atoms with Gasteiger partial charge in [0.25, 0.3) is 5.91 Å². The highest BCUT2D eigenvalue weighted by atomic mass is 16.5. The molecule has 0 saturated carbocycles. The molecule has 7 heteroatoms. The zero-order valence-electron chi connectivity index (χ0n) is 11.9. The smallest absolute Gasteiger partial charge is 0.339 e. The van der Waals surface area contributed by atoms with E-state index >= 15 is 0 Å². The number of nitrogens with one attached hydrogen (secondary N) is 2. The summed E-state index contributed by atoms with van der Waals surface area (Å²) >= 11 is 0. The molecule has 1 aromatic rings. The molecule has 0 aromatic heterocycles. The van der Waals surface area contributed by atoms with Crippen molar-refractivity contribution in [2.24, 2.45) is 0 Å². The van der Waals surface area contributed by atoms with E-state index in [0.717, 1.165) is 4.90 Å². The van der Waals surface area contributed by atoms with Crippen LogP contribution >= 0.6 is 0 Å². The molecular formula is C14H17N3O4. The molecule has 2 N–H and O–H groups in total. The SMILES string of the molecule is CCNC(=O)N1c2ccccc2NC(=O)[C@H]1C(=O)OCC. The summed E-state index contributed by atoms with van der Waals surface area (Å²) in [4.78, 5) is 37.6. The number of esters is 1. The van der Waals surface area contributed by atoms with E-state index in [0.29, 0.717) is 17.9 Å². The molecule has 0 fully saturated rings. The van der Waals surface area contributed by atoms with Crippen molar-refractivity contribution in [3.05, 3.63) is 24.3 Å². The van der Waals surface area contributed by atoms with Crippen molar-refractivity contribution in [3.8, 4) is 0 Å². The van der Waals surface area contributed by atoms with E-state index in [-0.39, 0.29) is 6.61 Å². The van der Waals surface area contributed by atoms with Crippen LogP contribution in [0.25, 0.3) is 0 Å². The van der Waals surface area contributed by atoms with Crippen molar-refractivity contribution in [3.63, 3.8) is 0 Å². The first-order chi connectivity index (χ1) is 10.1. The van der Waals surface area contributed by atoms with Crippen molar-refractivity contribution >= 4 is 29.3 Å². The van der Waals surface area contributed by atoms with Crippen LogP contribution in [-0.2, 0) is 14.3 Å². The van der Waals surface area contributed by atoms with Gasteiger partial charge in [-0.3, -0.25) is 9.69 Å². The summed E-state index contributed by atoms with van der Waals surface area (Å²) in [7, 11) is 0. The number of amides is 3. The zero-order valence-corrected chi connectivity index (χ0v) is 11.9. The van der Waals surface area contributed by atoms with Gasteiger partial charge in [0, 0.05) is 6.54 Å². The van der Waals surface area contributed by atoms with Crippen LogP contribution in [0.4, 0.5) is 16.2 Å². The second-order valence-electron chi connectivity index (χ2n) is 4.37. The van der Waals surface area contributed by atoms with Crippen LogP contribution in [0, 0.1) is 0 Å². The van der Waals surface area contributed by atoms with Gasteiger partial charge in [-0.15, -0.1) is 0 Å². The van der Waals surface area contributed by atoms with Crippen molar-refractivity contribution in [1.29, 1.82) is 0 Å². The minimum atomic E-state index is -1.33. The van der Waals surface area contributed by atoms with Crippen LogP contribution in [0.5, 0.6) is 0 Å². The number of carbonyl (C=O) groups excluding carboxylic acids is 3. The van der Waals surface area contributed by atoms with Crippen molar-refractivity contribution in [1.82, 2.24) is 5.32 Å². The largest absolute Gasteiger partial charge is 0.464 e. The Kier molecular flexibility index (Phi) is 4.42. The lowest BCUT2D eigenvalue weighted by Crippen LogP contribution is -2.58. The lowest BCUT2D eigenvalue weighted by molar-refractivity contribution is -0.147. The maximum absolute atomic E-state index is 12.3. The van der Waals surface area contributed by atoms with E-state index in [2.05, 4.69) is 10.6 Å². The van der Waals surface area contributed by atoms with Gasteiger partial charge in [-0.05, 0) is 26.0 Å². The number of anilines is 2. The summed E-state index contributed by atoms with van der Waals surface area (Å²) in [5, 5.41) is 5.22. The van der Waals surface area contributed by atoms with Crippen molar-refractivity contribution < 1.29 is 19.1 Å². The van der Waals surface area contributed by atoms with Crippen LogP contribution in [0.2, 0.25) is 0 Å². The minimum Gasteiger partial charge on any atom is -0.464 e. The number of benzene rings is 1. The van der Waals surface area contributed by atoms with E-state index in [1.807, 2.05) is 0 Å². The molecule has 0 radical (unpaired) electrons. The Morgan fingerprint density at radius 2 is 2.05 bits per heavy atom. The van der Waals surface area contributed by atoms with E-state index < -0.39 is 23.9 Å². The molecule has 0 saturated heterocycles. The number of carbonyl (C=O) groups is 3. The molecule has 1 aliphatic heterocycles. The number of para-hydroxylation sites is 2. The molecule has 0 spiro atoms. The fraction of sp³-hybridized carbons (Fsp3) is 0.357. The molecule has 0 unspecified atom stereocenters. The minimum absolute atomic E-state index is 0.132. The number of hydrogen-bond donors (Lipinski definition) is 2. The molecule has 3 amide bonds. The second-order valence-corrected chi connectivity index (χ2v) is 4.37. The Balaban J connectivity index is 2.45. The van der Waals surface area contributed by atoms with Gasteiger partial charge in [0.1, 0.15) is 0 Å². The summed E-state index contributed by atoms with van der Waals surface area (Å²) < 4.78 is 4.90. The van der Waals surface area contributed by atoms with E-state index in [4.69, 9.17) is 4.74 Å². The van der Waals surface area contributed by atoms with E-state index in [1.165, 1.54) is 0 Å². The summed E-state index contributed by atoms with van der Waals surface area (Å²) in [6, 6.07) is 4.95. The van der Waals surface area contributed by atoms with Gasteiger partial charge in [-0.1, -0.05) is 12.1 Å². The van der Waals surface area contributed by atoms with Gasteiger partial charge >= 0.3 is 12.0 Å². The van der Waals surface area contributed by atoms with Gasteiger partial charge < -0.3 is 15.4 Å². The lowest BCUT2D eigenvalue weighted by atomic mass is 10.1. The topological polar surface area (TPSA) is 87.7 Å². The fourth-order valence-electron chi connectivity index (χ4n) is 2.14. The summed E-state index contributed by atoms with van der Waals surface area (Å²) in [5.41, 5.74) is 0.940. The summed E-state index contributed by atoms with van der Waals surface area (Å²) in [5.74, 6) is -1.34. The van der Waals surface area contributed by atoms with Crippen LogP contribution in [-0.4, -0.2) is 37.1 Å². The van der Waals surface area contributed by atoms with Crippen molar-refractivity contribution in [2.75, 3.05) is 23.4 Å². The van der Waals surface area contributed by atoms with Gasteiger partial charge in [0.05, 0.1) is 18.0 Å². The standard InChI is InChI=1S/C14H17N3O4/c1-3-15-14(20)17-10-8-6-5-7-9(10)16-12(18)11(17)13(19)21-4-2/h5-8,11H,3-4H2,1-2H3,(H,15,20)(H,16,18)/t11-/m0/s1. The third kappa shape index (κ3) is 2.81. The van der Waals surface area contributed by atoms with Crippen LogP contribution in [0.1, 0.15) is 13.8 Å². The van der Waals surface area contributed by atoms with E-state index in [1.54, 1.807) is 38.1 Å². The number of fused-ring (bicyclic) bond motifs is 1. The Morgan fingerprint density at radius 1 is 1.33 bits per heavy atom. The van der Waals surface area contributed by atoms with Crippen LogP contribution < -0.4 is 15.5 Å². The number of ether oxygens (including phenoxy) is 1. The molecule has 0 aliphatic carbocycles. The highest BCUT2D eigenvalue weighted by molar-refractivity contribution is 6.20. The summed E-state index contributed by atoms with van der Waals surface area (Å²) in [6.07, 6.45) is 0. The first-order valence-corrected chi connectivity index (χ1v) is 6.73. The first-order valence-electron chi connectivity index (χ1n) is 6.73. The molecule has 7 nitrogen and oxygen atoms in total. The van der Waals surface area contributed by atoms with Crippen LogP contribution in [0.3, 0.4) is 0 Å². The number of nitrogens with zero attached hydrogens (tertiary/aromatic N) is 1. The third-order valence-corrected chi connectivity index (χ3v) is 2.98. The zero-order chi connectivity index (χ0) is 15.4. The quantitative estimate of drug-likeness (QED) is 0.645. The average molecular weight is 291 g/mol. The highest BCUT2D eigenvalue weighted by Gasteiger charge is 2.42. The Labute approximate surface area is 122 Å². The van der Waals surface area contributed by atoms with Gasteiger partial charge in [0.2, 0.25) is 6.04 Å². The summed E-state index contributed by atoms with van der Waals surface area (Å²) in [6.45, 7) is 3.92. The molecule has 1 heterocycles. The molecule has 21 heavy (non-hydrogen) atoms. The molecular weight excluding hydrogens is 274 g/mol.